The van der Waals surface area contributed by atoms with Crippen molar-refractivity contribution in [2.75, 3.05) is 12.3 Å². The highest BCUT2D eigenvalue weighted by Crippen LogP contribution is 2.02. The molecule has 1 heterocycles. The fourth-order valence-electron chi connectivity index (χ4n) is 1.47. The number of nitrogens with two attached hydrogens (primary N) is 1. The summed E-state index contributed by atoms with van der Waals surface area (Å²) in [4.78, 5) is 11.4. The highest BCUT2D eigenvalue weighted by Gasteiger charge is 1.96. The van der Waals surface area contributed by atoms with E-state index >= 15 is 0 Å². The Morgan fingerprint density at radius 3 is 2.67 bits per heavy atom. The summed E-state index contributed by atoms with van der Waals surface area (Å²) in [5.41, 5.74) is 6.19. The van der Waals surface area contributed by atoms with Crippen molar-refractivity contribution in [2.45, 2.75) is 32.2 Å². The van der Waals surface area contributed by atoms with Gasteiger partial charge in [-0.2, -0.15) is 0 Å². The smallest absolute Gasteiger partial charge is 0.250 e. The second-order valence-corrected chi connectivity index (χ2v) is 3.63. The Morgan fingerprint density at radius 2 is 1.93 bits per heavy atom. The van der Waals surface area contributed by atoms with E-state index in [0.717, 1.165) is 25.7 Å². The minimum Gasteiger partial charge on any atom is -0.398 e. The van der Waals surface area contributed by atoms with Crippen LogP contribution in [0.1, 0.15) is 25.7 Å². The lowest BCUT2D eigenvalue weighted by Gasteiger charge is -2.05. The largest absolute Gasteiger partial charge is 0.398 e. The number of unbranched alkanes of at least 4 members (excludes halogenated alkanes) is 3. The maximum absolute atomic E-state index is 11.4. The average Bonchev–Trinajstić information content (AvgIpc) is 2.23. The van der Waals surface area contributed by atoms with E-state index in [9.17, 15) is 4.79 Å². The summed E-state index contributed by atoms with van der Waals surface area (Å²) in [5, 5.41) is 8.59. The number of hydrogen-bond donors (Lipinski definition) is 2. The topological polar surface area (TPSA) is 68.2 Å². The van der Waals surface area contributed by atoms with Crippen LogP contribution in [0.15, 0.2) is 23.1 Å². The van der Waals surface area contributed by atoms with Crippen LogP contribution in [-0.2, 0) is 6.54 Å². The number of aliphatic hydroxyl groups excluding tert-OH is 1. The van der Waals surface area contributed by atoms with E-state index in [1.165, 1.54) is 6.07 Å². The van der Waals surface area contributed by atoms with Crippen LogP contribution in [-0.4, -0.2) is 16.3 Å². The number of pyridine rings is 1. The normalized spacial score (nSPS) is 10.5. The van der Waals surface area contributed by atoms with Crippen LogP contribution in [0.5, 0.6) is 0 Å². The molecular weight excluding hydrogens is 192 g/mol. The molecule has 0 saturated carbocycles. The van der Waals surface area contributed by atoms with Crippen LogP contribution < -0.4 is 11.3 Å². The van der Waals surface area contributed by atoms with Crippen molar-refractivity contribution in [3.05, 3.63) is 28.7 Å². The molecule has 0 aliphatic carbocycles. The van der Waals surface area contributed by atoms with Crippen molar-refractivity contribution in [1.82, 2.24) is 4.57 Å². The first-order valence-electron chi connectivity index (χ1n) is 5.31. The van der Waals surface area contributed by atoms with Gasteiger partial charge in [0.05, 0.1) is 0 Å². The Morgan fingerprint density at radius 1 is 1.20 bits per heavy atom. The van der Waals surface area contributed by atoms with E-state index in [-0.39, 0.29) is 12.2 Å². The summed E-state index contributed by atoms with van der Waals surface area (Å²) in [6.07, 6.45) is 5.50. The molecule has 4 nitrogen and oxygen atoms in total. The number of aryl methyl sites for hydroxylation is 1. The predicted octanol–water partition coefficient (Wildman–Crippen LogP) is 0.983. The summed E-state index contributed by atoms with van der Waals surface area (Å²) in [5.74, 6) is 0. The first kappa shape index (κ1) is 11.8. The van der Waals surface area contributed by atoms with Crippen LogP contribution in [0.25, 0.3) is 0 Å². The van der Waals surface area contributed by atoms with Gasteiger partial charge < -0.3 is 15.4 Å². The molecule has 0 saturated heterocycles. The minimum absolute atomic E-state index is 0.00800. The summed E-state index contributed by atoms with van der Waals surface area (Å²) in [7, 11) is 0. The third kappa shape index (κ3) is 4.16. The molecule has 1 aromatic heterocycles. The summed E-state index contributed by atoms with van der Waals surface area (Å²) < 4.78 is 1.63. The van der Waals surface area contributed by atoms with Crippen molar-refractivity contribution >= 4 is 5.69 Å². The fraction of sp³-hybridized carbons (Fsp3) is 0.545. The molecule has 0 atom stereocenters. The van der Waals surface area contributed by atoms with Gasteiger partial charge in [0.2, 0.25) is 0 Å². The molecule has 0 aliphatic rings. The molecule has 84 valence electrons. The van der Waals surface area contributed by atoms with Crippen molar-refractivity contribution in [3.63, 3.8) is 0 Å². The maximum Gasteiger partial charge on any atom is 0.250 e. The highest BCUT2D eigenvalue weighted by molar-refractivity contribution is 5.33. The number of hydrogen-bond acceptors (Lipinski definition) is 3. The second-order valence-electron chi connectivity index (χ2n) is 3.63. The number of nitrogen functional groups attached to an aromatic ring is 1. The lowest BCUT2D eigenvalue weighted by atomic mass is 10.2. The lowest BCUT2D eigenvalue weighted by Crippen LogP contribution is -2.18. The van der Waals surface area contributed by atoms with Gasteiger partial charge in [0.25, 0.3) is 5.56 Å². The van der Waals surface area contributed by atoms with Crippen LogP contribution in [0, 0.1) is 0 Å². The molecule has 4 heteroatoms. The summed E-state index contributed by atoms with van der Waals surface area (Å²) in [6.45, 7) is 0.952. The summed E-state index contributed by atoms with van der Waals surface area (Å²) in [6, 6.07) is 3.10. The van der Waals surface area contributed by atoms with Gasteiger partial charge in [0.1, 0.15) is 0 Å². The monoisotopic (exact) mass is 210 g/mol. The number of rotatable bonds is 6. The molecule has 0 radical (unpaired) electrons. The zero-order valence-electron chi connectivity index (χ0n) is 8.85. The number of aliphatic hydroxyl groups is 1. The van der Waals surface area contributed by atoms with Crippen molar-refractivity contribution in [1.29, 1.82) is 0 Å². The van der Waals surface area contributed by atoms with Gasteiger partial charge in [-0.15, -0.1) is 0 Å². The Kier molecular flexibility index (Phi) is 4.90. The first-order valence-corrected chi connectivity index (χ1v) is 5.31. The highest BCUT2D eigenvalue weighted by atomic mass is 16.2. The molecule has 0 spiro atoms. The maximum atomic E-state index is 11.4. The molecule has 0 unspecified atom stereocenters. The molecule has 3 N–H and O–H groups in total. The van der Waals surface area contributed by atoms with Gasteiger partial charge >= 0.3 is 0 Å². The van der Waals surface area contributed by atoms with E-state index < -0.39 is 0 Å². The lowest BCUT2D eigenvalue weighted by molar-refractivity contribution is 0.282. The Hall–Kier alpha value is -1.29. The van der Waals surface area contributed by atoms with Crippen molar-refractivity contribution < 1.29 is 5.11 Å². The van der Waals surface area contributed by atoms with Gasteiger partial charge in [-0.05, 0) is 18.9 Å². The minimum atomic E-state index is -0.00800. The van der Waals surface area contributed by atoms with Gasteiger partial charge in [-0.1, -0.05) is 12.8 Å². The third-order valence-corrected chi connectivity index (χ3v) is 2.31. The Balaban J connectivity index is 2.37. The molecule has 1 aromatic rings. The number of nitrogens with zero attached hydrogens (tertiary/aromatic N) is 1. The molecule has 0 aliphatic heterocycles. The molecule has 15 heavy (non-hydrogen) atoms. The molecule has 0 bridgehead atoms. The number of aromatic nitrogens is 1. The molecule has 0 amide bonds. The van der Waals surface area contributed by atoms with E-state index in [1.807, 2.05) is 0 Å². The van der Waals surface area contributed by atoms with Crippen molar-refractivity contribution in [3.8, 4) is 0 Å². The standard InChI is InChI=1S/C11H18N2O2/c12-10-5-6-11(15)13(9-10)7-3-1-2-4-8-14/h5-6,9,14H,1-4,7-8,12H2. The van der Waals surface area contributed by atoms with Crippen molar-refractivity contribution in [2.24, 2.45) is 0 Å². The SMILES string of the molecule is Nc1ccc(=O)n(CCCCCCO)c1. The zero-order chi connectivity index (χ0) is 11.1. The van der Waals surface area contributed by atoms with E-state index in [1.54, 1.807) is 16.8 Å². The van der Waals surface area contributed by atoms with E-state index in [0.29, 0.717) is 12.2 Å². The zero-order valence-corrected chi connectivity index (χ0v) is 8.85. The average molecular weight is 210 g/mol. The quantitative estimate of drug-likeness (QED) is 0.688. The molecular formula is C11H18N2O2. The second kappa shape index (κ2) is 6.24. The van der Waals surface area contributed by atoms with Gasteiger partial charge in [-0.25, -0.2) is 0 Å². The first-order chi connectivity index (χ1) is 7.24. The van der Waals surface area contributed by atoms with Gasteiger partial charge in [0.15, 0.2) is 0 Å². The molecule has 0 aromatic carbocycles. The summed E-state index contributed by atoms with van der Waals surface area (Å²) >= 11 is 0. The van der Waals surface area contributed by atoms with E-state index in [4.69, 9.17) is 10.8 Å². The van der Waals surface area contributed by atoms with Gasteiger partial charge in [-0.3, -0.25) is 4.79 Å². The van der Waals surface area contributed by atoms with Crippen LogP contribution in [0.2, 0.25) is 0 Å². The number of anilines is 1. The van der Waals surface area contributed by atoms with Crippen LogP contribution >= 0.6 is 0 Å². The predicted molar refractivity (Wildman–Crippen MR) is 60.7 cm³/mol. The Bertz CT molecular complexity index is 347. The molecule has 1 rings (SSSR count). The third-order valence-electron chi connectivity index (χ3n) is 2.31. The van der Waals surface area contributed by atoms with E-state index in [2.05, 4.69) is 0 Å². The molecule has 0 fully saturated rings. The Labute approximate surface area is 89.3 Å². The fourth-order valence-corrected chi connectivity index (χ4v) is 1.47. The van der Waals surface area contributed by atoms with Crippen LogP contribution in [0.4, 0.5) is 5.69 Å². The van der Waals surface area contributed by atoms with Gasteiger partial charge in [0, 0.05) is 31.1 Å². The van der Waals surface area contributed by atoms with Crippen LogP contribution in [0.3, 0.4) is 0 Å².